The topological polar surface area (TPSA) is 84.9 Å². The molecule has 0 fully saturated rings. The summed E-state index contributed by atoms with van der Waals surface area (Å²) in [6, 6.07) is -0.978. The van der Waals surface area contributed by atoms with E-state index in [-0.39, 0.29) is 18.1 Å². The summed E-state index contributed by atoms with van der Waals surface area (Å²) < 4.78 is 22.9. The minimum Gasteiger partial charge on any atom is -0.480 e. The van der Waals surface area contributed by atoms with E-state index in [1.807, 2.05) is 0 Å². The maximum absolute atomic E-state index is 12.4. The molecular weight excluding hydrogens is 257 g/mol. The van der Waals surface area contributed by atoms with Gasteiger partial charge in [-0.25, -0.2) is 9.65 Å². The van der Waals surface area contributed by atoms with Crippen molar-refractivity contribution in [2.75, 3.05) is 0 Å². The minimum absolute atomic E-state index is 0.234. The highest BCUT2D eigenvalue weighted by Crippen LogP contribution is 2.47. The maximum Gasteiger partial charge on any atom is 0.406 e. The number of nitrogens with one attached hydrogen (secondary N) is 1. The zero-order valence-corrected chi connectivity index (χ0v) is 12.7. The second-order valence-corrected chi connectivity index (χ2v) is 6.67. The van der Waals surface area contributed by atoms with E-state index in [2.05, 4.69) is 5.09 Å². The normalized spacial score (nSPS) is 14.5. The first kappa shape index (κ1) is 17.6. The molecule has 0 saturated carbocycles. The third kappa shape index (κ3) is 6.50. The van der Waals surface area contributed by atoms with Gasteiger partial charge in [-0.05, 0) is 33.6 Å². The van der Waals surface area contributed by atoms with Crippen molar-refractivity contribution < 1.29 is 23.5 Å². The lowest BCUT2D eigenvalue weighted by molar-refractivity contribution is -0.140. The summed E-state index contributed by atoms with van der Waals surface area (Å²) in [5.74, 6) is -1.31. The molecule has 0 aliphatic heterocycles. The molecule has 7 heteroatoms. The summed E-state index contributed by atoms with van der Waals surface area (Å²) in [6.07, 6.45) is -0.660. The molecule has 0 amide bonds. The van der Waals surface area contributed by atoms with Gasteiger partial charge >= 0.3 is 13.7 Å². The van der Waals surface area contributed by atoms with Crippen molar-refractivity contribution in [3.63, 3.8) is 0 Å². The van der Waals surface area contributed by atoms with Crippen LogP contribution >= 0.6 is 7.75 Å². The van der Waals surface area contributed by atoms with E-state index in [9.17, 15) is 9.36 Å². The molecule has 6 nitrogen and oxygen atoms in total. The Morgan fingerprint density at radius 1 is 1.06 bits per heavy atom. The number of carbonyl (C=O) groups is 1. The fourth-order valence-corrected chi connectivity index (χ4v) is 3.33. The lowest BCUT2D eigenvalue weighted by atomic mass is 10.1. The van der Waals surface area contributed by atoms with Gasteiger partial charge in [0.2, 0.25) is 0 Å². The van der Waals surface area contributed by atoms with Gasteiger partial charge in [0.05, 0.1) is 12.2 Å². The molecule has 0 aromatic heterocycles. The number of carboxylic acid groups (broad SMARTS) is 1. The molecule has 2 N–H and O–H groups in total. The summed E-state index contributed by atoms with van der Waals surface area (Å²) in [6.45, 7) is 10.3. The number of aliphatic carboxylic acids is 1. The van der Waals surface area contributed by atoms with E-state index < -0.39 is 19.8 Å². The predicted octanol–water partition coefficient (Wildman–Crippen LogP) is 2.64. The van der Waals surface area contributed by atoms with Crippen LogP contribution in [0.2, 0.25) is 0 Å². The average Bonchev–Trinajstić information content (AvgIpc) is 2.10. The predicted molar refractivity (Wildman–Crippen MR) is 69.4 cm³/mol. The summed E-state index contributed by atoms with van der Waals surface area (Å²) in [7, 11) is -3.63. The molecule has 108 valence electrons. The molecule has 0 spiro atoms. The van der Waals surface area contributed by atoms with Crippen LogP contribution in [0.5, 0.6) is 0 Å². The highest BCUT2D eigenvalue weighted by atomic mass is 31.2. The van der Waals surface area contributed by atoms with E-state index in [1.54, 1.807) is 41.5 Å². The molecule has 0 aromatic carbocycles. The zero-order valence-electron chi connectivity index (χ0n) is 11.8. The van der Waals surface area contributed by atoms with Gasteiger partial charge < -0.3 is 5.11 Å². The van der Waals surface area contributed by atoms with Crippen molar-refractivity contribution in [2.24, 2.45) is 5.92 Å². The summed E-state index contributed by atoms with van der Waals surface area (Å²) in [4.78, 5) is 11.1. The van der Waals surface area contributed by atoms with Crippen molar-refractivity contribution in [1.82, 2.24) is 5.09 Å². The van der Waals surface area contributed by atoms with Crippen molar-refractivity contribution >= 4 is 13.7 Å². The van der Waals surface area contributed by atoms with Crippen LogP contribution in [0, 0.1) is 5.92 Å². The molecule has 0 aromatic rings. The largest absolute Gasteiger partial charge is 0.480 e. The number of hydrogen-bond acceptors (Lipinski definition) is 4. The Kier molecular flexibility index (Phi) is 7.07. The van der Waals surface area contributed by atoms with Gasteiger partial charge in [0.15, 0.2) is 0 Å². The molecular formula is C11H24NO5P. The van der Waals surface area contributed by atoms with Crippen LogP contribution in [0.1, 0.15) is 41.5 Å². The molecule has 1 atom stereocenters. The molecule has 0 rings (SSSR count). The molecule has 0 aliphatic carbocycles. The Morgan fingerprint density at radius 3 is 1.67 bits per heavy atom. The quantitative estimate of drug-likeness (QED) is 0.665. The second kappa shape index (κ2) is 7.24. The number of hydrogen-bond donors (Lipinski definition) is 2. The first-order valence-corrected chi connectivity index (χ1v) is 7.59. The van der Waals surface area contributed by atoms with Crippen molar-refractivity contribution in [3.8, 4) is 0 Å². The van der Waals surface area contributed by atoms with Gasteiger partial charge in [0.1, 0.15) is 6.04 Å². The molecule has 0 aliphatic rings. The monoisotopic (exact) mass is 281 g/mol. The highest BCUT2D eigenvalue weighted by Gasteiger charge is 2.35. The van der Waals surface area contributed by atoms with Gasteiger partial charge in [-0.3, -0.25) is 13.8 Å². The van der Waals surface area contributed by atoms with Crippen LogP contribution in [-0.2, 0) is 18.4 Å². The summed E-state index contributed by atoms with van der Waals surface area (Å²) in [5.41, 5.74) is 0. The Morgan fingerprint density at radius 2 is 1.44 bits per heavy atom. The molecule has 0 bridgehead atoms. The minimum atomic E-state index is -3.63. The Balaban J connectivity index is 4.97. The highest BCUT2D eigenvalue weighted by molar-refractivity contribution is 7.51. The van der Waals surface area contributed by atoms with Gasteiger partial charge in [0.25, 0.3) is 0 Å². The Hall–Kier alpha value is -0.420. The van der Waals surface area contributed by atoms with E-state index >= 15 is 0 Å². The van der Waals surface area contributed by atoms with Crippen LogP contribution in [0.3, 0.4) is 0 Å². The standard InChI is InChI=1S/C11H24NO5P/c1-7(2)10(11(13)14)12-18(15,16-8(3)4)17-9(5)6/h7-10H,1-6H3,(H,12,15)(H,13,14). The third-order valence-electron chi connectivity index (χ3n) is 1.93. The molecule has 0 radical (unpaired) electrons. The summed E-state index contributed by atoms with van der Waals surface area (Å²) in [5, 5.41) is 11.6. The average molecular weight is 281 g/mol. The van der Waals surface area contributed by atoms with Crippen LogP contribution in [-0.4, -0.2) is 29.3 Å². The number of carboxylic acids is 1. The number of rotatable bonds is 8. The van der Waals surface area contributed by atoms with E-state index in [0.717, 1.165) is 0 Å². The van der Waals surface area contributed by atoms with Crippen LogP contribution in [0.25, 0.3) is 0 Å². The maximum atomic E-state index is 12.4. The van der Waals surface area contributed by atoms with Gasteiger partial charge in [-0.1, -0.05) is 13.8 Å². The lowest BCUT2D eigenvalue weighted by Crippen LogP contribution is -2.40. The summed E-state index contributed by atoms with van der Waals surface area (Å²) >= 11 is 0. The van der Waals surface area contributed by atoms with Gasteiger partial charge in [-0.15, -0.1) is 0 Å². The first-order chi connectivity index (χ1) is 8.07. The Bertz CT molecular complexity index is 303. The Labute approximate surface area is 109 Å². The third-order valence-corrected chi connectivity index (χ3v) is 3.92. The van der Waals surface area contributed by atoms with Crippen LogP contribution in [0.4, 0.5) is 0 Å². The first-order valence-electron chi connectivity index (χ1n) is 6.05. The van der Waals surface area contributed by atoms with E-state index in [1.165, 1.54) is 0 Å². The fourth-order valence-electron chi connectivity index (χ4n) is 1.30. The molecule has 18 heavy (non-hydrogen) atoms. The molecule has 1 unspecified atom stereocenters. The van der Waals surface area contributed by atoms with Crippen LogP contribution in [0.15, 0.2) is 0 Å². The van der Waals surface area contributed by atoms with Crippen LogP contribution < -0.4 is 5.09 Å². The van der Waals surface area contributed by atoms with Crippen molar-refractivity contribution in [3.05, 3.63) is 0 Å². The van der Waals surface area contributed by atoms with E-state index in [4.69, 9.17) is 14.2 Å². The van der Waals surface area contributed by atoms with Crippen molar-refractivity contribution in [1.29, 1.82) is 0 Å². The molecule has 0 heterocycles. The zero-order chi connectivity index (χ0) is 14.5. The van der Waals surface area contributed by atoms with E-state index in [0.29, 0.717) is 0 Å². The lowest BCUT2D eigenvalue weighted by Gasteiger charge is -2.27. The fraction of sp³-hybridized carbons (Fsp3) is 0.909. The van der Waals surface area contributed by atoms with Crippen molar-refractivity contribution in [2.45, 2.75) is 59.8 Å². The van der Waals surface area contributed by atoms with Gasteiger partial charge in [-0.2, -0.15) is 0 Å². The van der Waals surface area contributed by atoms with Gasteiger partial charge in [0, 0.05) is 0 Å². The second-order valence-electron chi connectivity index (χ2n) is 4.99. The molecule has 0 saturated heterocycles. The SMILES string of the molecule is CC(C)OP(=O)(NC(C(=O)O)C(C)C)OC(C)C. The smallest absolute Gasteiger partial charge is 0.406 e.